The van der Waals surface area contributed by atoms with Crippen LogP contribution in [0.3, 0.4) is 0 Å². The molecule has 0 aromatic heterocycles. The number of amides is 2. The van der Waals surface area contributed by atoms with E-state index in [1.165, 1.54) is 7.11 Å². The van der Waals surface area contributed by atoms with Crippen LogP contribution in [0.25, 0.3) is 0 Å². The molecule has 0 rings (SSSR count). The van der Waals surface area contributed by atoms with Crippen molar-refractivity contribution in [3.05, 3.63) is 0 Å². The van der Waals surface area contributed by atoms with E-state index in [4.69, 9.17) is 14.9 Å². The molecule has 4 N–H and O–H groups in total. The first-order chi connectivity index (χ1) is 8.04. The summed E-state index contributed by atoms with van der Waals surface area (Å²) in [5, 5.41) is 22.3. The number of ether oxygens (including phenoxy) is 1. The molecule has 100 valence electrons. The lowest BCUT2D eigenvalue weighted by Gasteiger charge is -2.19. The van der Waals surface area contributed by atoms with Crippen LogP contribution in [-0.4, -0.2) is 54.6 Å². The summed E-state index contributed by atoms with van der Waals surface area (Å²) in [4.78, 5) is 22.2. The van der Waals surface area contributed by atoms with Crippen molar-refractivity contribution in [1.82, 2.24) is 10.6 Å². The lowest BCUT2D eigenvalue weighted by atomic mass is 10.2. The summed E-state index contributed by atoms with van der Waals surface area (Å²) >= 11 is 0. The van der Waals surface area contributed by atoms with Gasteiger partial charge in [-0.2, -0.15) is 0 Å². The quantitative estimate of drug-likeness (QED) is 0.465. The van der Waals surface area contributed by atoms with E-state index in [2.05, 4.69) is 10.6 Å². The highest BCUT2D eigenvalue weighted by molar-refractivity contribution is 5.82. The van der Waals surface area contributed by atoms with Crippen LogP contribution in [0, 0.1) is 0 Å². The maximum Gasteiger partial charge on any atom is 0.326 e. The molecule has 2 atom stereocenters. The number of hydrogen-bond acceptors (Lipinski definition) is 4. The predicted molar refractivity (Wildman–Crippen MR) is 60.7 cm³/mol. The fourth-order valence-corrected chi connectivity index (χ4v) is 1.23. The number of aliphatic hydroxyl groups excluding tert-OH is 1. The van der Waals surface area contributed by atoms with E-state index >= 15 is 0 Å². The molecule has 2 unspecified atom stereocenters. The van der Waals surface area contributed by atoms with Gasteiger partial charge in [-0.1, -0.05) is 6.92 Å². The first-order valence-electron chi connectivity index (χ1n) is 5.44. The summed E-state index contributed by atoms with van der Waals surface area (Å²) in [5.41, 5.74) is 0. The molecule has 0 spiro atoms. The number of carbonyl (C=O) groups is 2. The SMILES string of the molecule is CCC(COC)NC(=O)NC(CCO)C(=O)O. The van der Waals surface area contributed by atoms with Gasteiger partial charge in [0, 0.05) is 20.1 Å². The van der Waals surface area contributed by atoms with Crippen molar-refractivity contribution in [2.24, 2.45) is 0 Å². The number of carboxylic acid groups (broad SMARTS) is 1. The van der Waals surface area contributed by atoms with Gasteiger partial charge in [0.05, 0.1) is 12.6 Å². The lowest BCUT2D eigenvalue weighted by molar-refractivity contribution is -0.139. The molecule has 0 aromatic carbocycles. The van der Waals surface area contributed by atoms with Crippen LogP contribution in [0.1, 0.15) is 19.8 Å². The molecule has 17 heavy (non-hydrogen) atoms. The molecule has 0 aliphatic carbocycles. The zero-order chi connectivity index (χ0) is 13.3. The first-order valence-corrected chi connectivity index (χ1v) is 5.44. The molecule has 0 radical (unpaired) electrons. The van der Waals surface area contributed by atoms with Gasteiger partial charge in [-0.3, -0.25) is 0 Å². The molecule has 0 saturated heterocycles. The molecular weight excluding hydrogens is 228 g/mol. The Morgan fingerprint density at radius 1 is 1.35 bits per heavy atom. The molecule has 7 nitrogen and oxygen atoms in total. The highest BCUT2D eigenvalue weighted by atomic mass is 16.5. The normalized spacial score (nSPS) is 13.8. The summed E-state index contributed by atoms with van der Waals surface area (Å²) < 4.78 is 4.90. The topological polar surface area (TPSA) is 108 Å². The number of rotatable bonds is 8. The lowest BCUT2D eigenvalue weighted by Crippen LogP contribution is -2.50. The van der Waals surface area contributed by atoms with Crippen LogP contribution in [0.15, 0.2) is 0 Å². The van der Waals surface area contributed by atoms with Crippen molar-refractivity contribution >= 4 is 12.0 Å². The molecule has 0 fully saturated rings. The van der Waals surface area contributed by atoms with Gasteiger partial charge in [-0.05, 0) is 6.42 Å². The average Bonchev–Trinajstić information content (AvgIpc) is 2.27. The minimum absolute atomic E-state index is 0.0240. The van der Waals surface area contributed by atoms with Crippen LogP contribution >= 0.6 is 0 Å². The zero-order valence-electron chi connectivity index (χ0n) is 10.1. The Hall–Kier alpha value is -1.34. The van der Waals surface area contributed by atoms with Crippen molar-refractivity contribution in [2.75, 3.05) is 20.3 Å². The van der Waals surface area contributed by atoms with Crippen LogP contribution in [-0.2, 0) is 9.53 Å². The van der Waals surface area contributed by atoms with E-state index in [0.29, 0.717) is 13.0 Å². The Labute approximate surface area is 100 Å². The van der Waals surface area contributed by atoms with E-state index < -0.39 is 18.0 Å². The molecular formula is C10H20N2O5. The van der Waals surface area contributed by atoms with Crippen molar-refractivity contribution in [2.45, 2.75) is 31.8 Å². The van der Waals surface area contributed by atoms with Crippen LogP contribution in [0.4, 0.5) is 4.79 Å². The number of methoxy groups -OCH3 is 1. The van der Waals surface area contributed by atoms with Gasteiger partial charge in [0.15, 0.2) is 0 Å². The Bertz CT molecular complexity index is 247. The van der Waals surface area contributed by atoms with Crippen LogP contribution in [0.5, 0.6) is 0 Å². The number of aliphatic carboxylic acids is 1. The van der Waals surface area contributed by atoms with E-state index in [-0.39, 0.29) is 19.1 Å². The summed E-state index contributed by atoms with van der Waals surface area (Å²) in [7, 11) is 1.52. The van der Waals surface area contributed by atoms with Crippen LogP contribution < -0.4 is 10.6 Å². The van der Waals surface area contributed by atoms with Crippen molar-refractivity contribution in [3.8, 4) is 0 Å². The largest absolute Gasteiger partial charge is 0.480 e. The van der Waals surface area contributed by atoms with Gasteiger partial charge in [-0.15, -0.1) is 0 Å². The average molecular weight is 248 g/mol. The summed E-state index contributed by atoms with van der Waals surface area (Å²) in [6.07, 6.45) is 0.656. The first kappa shape index (κ1) is 15.7. The van der Waals surface area contributed by atoms with E-state index in [1.807, 2.05) is 6.92 Å². The van der Waals surface area contributed by atoms with Crippen molar-refractivity contribution in [3.63, 3.8) is 0 Å². The van der Waals surface area contributed by atoms with E-state index in [0.717, 1.165) is 0 Å². The van der Waals surface area contributed by atoms with Gasteiger partial charge in [-0.25, -0.2) is 9.59 Å². The number of hydrogen-bond donors (Lipinski definition) is 4. The highest BCUT2D eigenvalue weighted by Crippen LogP contribution is 1.94. The Morgan fingerprint density at radius 3 is 2.41 bits per heavy atom. The molecule has 0 saturated carbocycles. The zero-order valence-corrected chi connectivity index (χ0v) is 10.1. The number of urea groups is 1. The molecule has 0 bridgehead atoms. The number of nitrogens with one attached hydrogen (secondary N) is 2. The van der Waals surface area contributed by atoms with E-state index in [9.17, 15) is 9.59 Å². The molecule has 0 heterocycles. The highest BCUT2D eigenvalue weighted by Gasteiger charge is 2.20. The molecule has 7 heteroatoms. The van der Waals surface area contributed by atoms with Gasteiger partial charge in [0.1, 0.15) is 6.04 Å². The maximum atomic E-state index is 11.5. The fourth-order valence-electron chi connectivity index (χ4n) is 1.23. The molecule has 0 aromatic rings. The second kappa shape index (κ2) is 8.77. The van der Waals surface area contributed by atoms with Crippen molar-refractivity contribution in [1.29, 1.82) is 0 Å². The Balaban J connectivity index is 4.16. The third-order valence-corrected chi connectivity index (χ3v) is 2.22. The number of carboxylic acids is 1. The second-order valence-electron chi connectivity index (χ2n) is 3.58. The minimum Gasteiger partial charge on any atom is -0.480 e. The Kier molecular flexibility index (Phi) is 8.08. The smallest absolute Gasteiger partial charge is 0.326 e. The predicted octanol–water partition coefficient (Wildman–Crippen LogP) is -0.454. The van der Waals surface area contributed by atoms with Gasteiger partial charge in [0.2, 0.25) is 0 Å². The number of aliphatic hydroxyl groups is 1. The third-order valence-electron chi connectivity index (χ3n) is 2.22. The van der Waals surface area contributed by atoms with Crippen molar-refractivity contribution < 1.29 is 24.5 Å². The summed E-state index contributed by atoms with van der Waals surface area (Å²) in [6.45, 7) is 1.94. The molecule has 0 aliphatic rings. The van der Waals surface area contributed by atoms with Gasteiger partial charge < -0.3 is 25.6 Å². The van der Waals surface area contributed by atoms with E-state index in [1.54, 1.807) is 0 Å². The second-order valence-corrected chi connectivity index (χ2v) is 3.58. The summed E-state index contributed by atoms with van der Waals surface area (Å²) in [5.74, 6) is -1.17. The fraction of sp³-hybridized carbons (Fsp3) is 0.800. The minimum atomic E-state index is -1.17. The standard InChI is InChI=1S/C10H20N2O5/c1-3-7(6-17-2)11-10(16)12-8(4-5-13)9(14)15/h7-8,13H,3-6H2,1-2H3,(H,14,15)(H2,11,12,16). The molecule has 2 amide bonds. The number of carbonyl (C=O) groups excluding carboxylic acids is 1. The Morgan fingerprint density at radius 2 is 2.00 bits per heavy atom. The van der Waals surface area contributed by atoms with Gasteiger partial charge >= 0.3 is 12.0 Å². The van der Waals surface area contributed by atoms with Gasteiger partial charge in [0.25, 0.3) is 0 Å². The molecule has 0 aliphatic heterocycles. The summed E-state index contributed by atoms with van der Waals surface area (Å²) in [6, 6.07) is -1.82. The third kappa shape index (κ3) is 6.75. The maximum absolute atomic E-state index is 11.5. The van der Waals surface area contributed by atoms with Crippen LogP contribution in [0.2, 0.25) is 0 Å². The monoisotopic (exact) mass is 248 g/mol.